The number of anilines is 1. The molecule has 0 bridgehead atoms. The number of amides is 2. The quantitative estimate of drug-likeness (QED) is 0.297. The molecule has 1 saturated heterocycles. The molecule has 2 rings (SSSR count). The van der Waals surface area contributed by atoms with Crippen molar-refractivity contribution in [2.75, 3.05) is 32.1 Å². The third-order valence-corrected chi connectivity index (χ3v) is 4.49. The van der Waals surface area contributed by atoms with Gasteiger partial charge in [0, 0.05) is 31.4 Å². The maximum atomic E-state index is 12.4. The lowest BCUT2D eigenvalue weighted by molar-refractivity contribution is -0.384. The summed E-state index contributed by atoms with van der Waals surface area (Å²) in [6.07, 6.45) is 2.27. The number of nitro groups is 1. The highest BCUT2D eigenvalue weighted by atomic mass is 16.6. The molecule has 0 atom stereocenters. The molecule has 30 heavy (non-hydrogen) atoms. The van der Waals surface area contributed by atoms with Gasteiger partial charge in [0.25, 0.3) is 11.6 Å². The molecule has 1 fully saturated rings. The first kappa shape index (κ1) is 22.5. The van der Waals surface area contributed by atoms with E-state index in [2.05, 4.69) is 10.6 Å². The monoisotopic (exact) mass is 417 g/mol. The third kappa shape index (κ3) is 5.84. The first-order chi connectivity index (χ1) is 14.4. The highest BCUT2D eigenvalue weighted by Gasteiger charge is 2.23. The van der Waals surface area contributed by atoms with Crippen LogP contribution in [0, 0.1) is 21.4 Å². The molecule has 11 heteroatoms. The zero-order valence-corrected chi connectivity index (χ0v) is 16.7. The van der Waals surface area contributed by atoms with Gasteiger partial charge in [0.15, 0.2) is 0 Å². The van der Waals surface area contributed by atoms with E-state index in [0.717, 1.165) is 0 Å². The molecule has 0 radical (unpaired) electrons. The second kappa shape index (κ2) is 10.7. The van der Waals surface area contributed by atoms with Crippen molar-refractivity contribution in [3.63, 3.8) is 0 Å². The molecule has 0 spiro atoms. The molecule has 0 aromatic heterocycles. The fourth-order valence-corrected chi connectivity index (χ4v) is 2.88. The predicted molar refractivity (Wildman–Crippen MR) is 107 cm³/mol. The van der Waals surface area contributed by atoms with Crippen LogP contribution in [0.4, 0.5) is 16.2 Å². The van der Waals surface area contributed by atoms with E-state index in [1.54, 1.807) is 11.8 Å². The van der Waals surface area contributed by atoms with Gasteiger partial charge in [-0.25, -0.2) is 4.79 Å². The molecule has 2 N–H and O–H groups in total. The number of ether oxygens (including phenoxy) is 2. The Morgan fingerprint density at radius 2 is 2.10 bits per heavy atom. The minimum absolute atomic E-state index is 0.000683. The van der Waals surface area contributed by atoms with Crippen molar-refractivity contribution in [3.8, 4) is 11.8 Å². The number of nitro benzene ring substituents is 1. The molecular formula is C19H23N5O6. The number of nitriles is 1. The Morgan fingerprint density at radius 3 is 2.67 bits per heavy atom. The van der Waals surface area contributed by atoms with Crippen molar-refractivity contribution in [1.82, 2.24) is 10.2 Å². The van der Waals surface area contributed by atoms with Gasteiger partial charge in [-0.2, -0.15) is 5.26 Å². The third-order valence-electron chi connectivity index (χ3n) is 4.49. The average molecular weight is 417 g/mol. The number of hydrogen-bond donors (Lipinski definition) is 2. The highest BCUT2D eigenvalue weighted by molar-refractivity contribution is 6.07. The second-order valence-electron chi connectivity index (χ2n) is 6.39. The Kier molecular flexibility index (Phi) is 7.99. The van der Waals surface area contributed by atoms with E-state index in [4.69, 9.17) is 9.47 Å². The number of nitrogens with one attached hydrogen (secondary N) is 2. The van der Waals surface area contributed by atoms with E-state index in [1.807, 2.05) is 6.07 Å². The molecule has 1 aliphatic rings. The molecule has 1 heterocycles. The van der Waals surface area contributed by atoms with E-state index in [-0.39, 0.29) is 34.8 Å². The molecule has 11 nitrogen and oxygen atoms in total. The van der Waals surface area contributed by atoms with Gasteiger partial charge in [-0.15, -0.1) is 0 Å². The SMILES string of the molecule is CCOC(=O)N1CCC(N/C=C(/C#N)C(=O)Nc2ccc([N+](=O)[O-])cc2OC)CC1. The van der Waals surface area contributed by atoms with Gasteiger partial charge in [0.1, 0.15) is 17.4 Å². The lowest BCUT2D eigenvalue weighted by Crippen LogP contribution is -2.44. The van der Waals surface area contributed by atoms with Gasteiger partial charge >= 0.3 is 6.09 Å². The van der Waals surface area contributed by atoms with E-state index < -0.39 is 10.8 Å². The summed E-state index contributed by atoms with van der Waals surface area (Å²) in [4.78, 5) is 36.0. The van der Waals surface area contributed by atoms with Crippen LogP contribution in [0.15, 0.2) is 30.0 Å². The summed E-state index contributed by atoms with van der Waals surface area (Å²) in [7, 11) is 1.32. The Bertz CT molecular complexity index is 871. The van der Waals surface area contributed by atoms with Gasteiger partial charge in [-0.1, -0.05) is 0 Å². The number of nitrogens with zero attached hydrogens (tertiary/aromatic N) is 3. The van der Waals surface area contributed by atoms with Crippen molar-refractivity contribution in [2.24, 2.45) is 0 Å². The van der Waals surface area contributed by atoms with Crippen LogP contribution in [0.1, 0.15) is 19.8 Å². The number of carbonyl (C=O) groups excluding carboxylic acids is 2. The van der Waals surface area contributed by atoms with Crippen LogP contribution in [0.2, 0.25) is 0 Å². The minimum atomic E-state index is -0.680. The van der Waals surface area contributed by atoms with E-state index in [1.165, 1.54) is 31.5 Å². The van der Waals surface area contributed by atoms with Gasteiger partial charge in [-0.05, 0) is 25.8 Å². The van der Waals surface area contributed by atoms with Crippen molar-refractivity contribution >= 4 is 23.4 Å². The van der Waals surface area contributed by atoms with Crippen LogP contribution < -0.4 is 15.4 Å². The number of carbonyl (C=O) groups is 2. The highest BCUT2D eigenvalue weighted by Crippen LogP contribution is 2.29. The van der Waals surface area contributed by atoms with Crippen molar-refractivity contribution in [1.29, 1.82) is 5.26 Å². The van der Waals surface area contributed by atoms with E-state index in [9.17, 15) is 25.0 Å². The molecule has 0 unspecified atom stereocenters. The summed E-state index contributed by atoms with van der Waals surface area (Å²) in [5.74, 6) is -0.574. The first-order valence-corrected chi connectivity index (χ1v) is 9.31. The van der Waals surface area contributed by atoms with Crippen LogP contribution >= 0.6 is 0 Å². The summed E-state index contributed by atoms with van der Waals surface area (Å²) in [6.45, 7) is 3.09. The first-order valence-electron chi connectivity index (χ1n) is 9.31. The summed E-state index contributed by atoms with van der Waals surface area (Å²) in [6, 6.07) is 5.57. The van der Waals surface area contributed by atoms with Gasteiger partial charge in [0.05, 0.1) is 30.4 Å². The van der Waals surface area contributed by atoms with Crippen LogP contribution in [0.5, 0.6) is 5.75 Å². The Morgan fingerprint density at radius 1 is 1.40 bits per heavy atom. The Labute approximate surface area is 173 Å². The average Bonchev–Trinajstić information content (AvgIpc) is 2.74. The lowest BCUT2D eigenvalue weighted by Gasteiger charge is -2.31. The molecule has 0 saturated carbocycles. The summed E-state index contributed by atoms with van der Waals surface area (Å²) in [5.41, 5.74) is -0.142. The van der Waals surface area contributed by atoms with Gasteiger partial charge in [-0.3, -0.25) is 14.9 Å². The number of benzene rings is 1. The van der Waals surface area contributed by atoms with E-state index in [0.29, 0.717) is 32.5 Å². The normalized spacial score (nSPS) is 14.4. The Balaban J connectivity index is 1.97. The number of rotatable bonds is 7. The molecule has 1 aromatic rings. The van der Waals surface area contributed by atoms with Crippen molar-refractivity contribution in [3.05, 3.63) is 40.1 Å². The van der Waals surface area contributed by atoms with Crippen LogP contribution in [0.3, 0.4) is 0 Å². The van der Waals surface area contributed by atoms with E-state index >= 15 is 0 Å². The second-order valence-corrected chi connectivity index (χ2v) is 6.39. The van der Waals surface area contributed by atoms with Gasteiger partial charge in [0.2, 0.25) is 0 Å². The van der Waals surface area contributed by atoms with Crippen LogP contribution in [-0.4, -0.2) is 54.7 Å². The fourth-order valence-electron chi connectivity index (χ4n) is 2.88. The lowest BCUT2D eigenvalue weighted by atomic mass is 10.1. The molecule has 1 aromatic carbocycles. The summed E-state index contributed by atoms with van der Waals surface area (Å²) < 4.78 is 10.0. The zero-order chi connectivity index (χ0) is 22.1. The van der Waals surface area contributed by atoms with Crippen LogP contribution in [0.25, 0.3) is 0 Å². The topological polar surface area (TPSA) is 147 Å². The summed E-state index contributed by atoms with van der Waals surface area (Å²) >= 11 is 0. The van der Waals surface area contributed by atoms with Crippen LogP contribution in [-0.2, 0) is 9.53 Å². The number of piperidine rings is 1. The zero-order valence-electron chi connectivity index (χ0n) is 16.7. The molecule has 0 aliphatic carbocycles. The number of non-ortho nitro benzene ring substituents is 1. The number of likely N-dealkylation sites (tertiary alicyclic amines) is 1. The van der Waals surface area contributed by atoms with Crippen molar-refractivity contribution < 1.29 is 24.0 Å². The molecular weight excluding hydrogens is 394 g/mol. The standard InChI is InChI=1S/C19H23N5O6/c1-3-30-19(26)23-8-6-14(7-9-23)21-12-13(11-20)18(25)22-16-5-4-15(24(27)28)10-17(16)29-2/h4-5,10,12,14,21H,3,6-9H2,1-2H3,(H,22,25)/b13-12-. The maximum absolute atomic E-state index is 12.4. The minimum Gasteiger partial charge on any atom is -0.494 e. The molecule has 2 amide bonds. The van der Waals surface area contributed by atoms with Gasteiger partial charge < -0.3 is 25.0 Å². The smallest absolute Gasteiger partial charge is 0.409 e. The Hall–Kier alpha value is -3.81. The number of methoxy groups -OCH3 is 1. The number of hydrogen-bond acceptors (Lipinski definition) is 8. The molecule has 1 aliphatic heterocycles. The predicted octanol–water partition coefficient (Wildman–Crippen LogP) is 2.16. The maximum Gasteiger partial charge on any atom is 0.409 e. The summed E-state index contributed by atoms with van der Waals surface area (Å²) in [5, 5.41) is 25.7. The largest absolute Gasteiger partial charge is 0.494 e. The fraction of sp³-hybridized carbons (Fsp3) is 0.421. The van der Waals surface area contributed by atoms with Crippen molar-refractivity contribution in [2.45, 2.75) is 25.8 Å². The molecule has 160 valence electrons.